The van der Waals surface area contributed by atoms with Crippen LogP contribution in [0.2, 0.25) is 0 Å². The number of nitrogens with one attached hydrogen (secondary N) is 1. The van der Waals surface area contributed by atoms with Gasteiger partial charge in [-0.25, -0.2) is 18.6 Å². The van der Waals surface area contributed by atoms with Gasteiger partial charge < -0.3 is 9.80 Å². The lowest BCUT2D eigenvalue weighted by Crippen LogP contribution is -2.54. The molecule has 2 aliphatic rings. The Balaban J connectivity index is 1.58. The Morgan fingerprint density at radius 1 is 1.24 bits per heavy atom. The molecule has 2 fully saturated rings. The molecule has 1 saturated carbocycles. The normalized spacial score (nSPS) is 18.4. The van der Waals surface area contributed by atoms with Gasteiger partial charge in [0.05, 0.1) is 10.9 Å². The molecule has 34 heavy (non-hydrogen) atoms. The van der Waals surface area contributed by atoms with E-state index in [2.05, 4.69) is 21.5 Å². The number of halogens is 2. The van der Waals surface area contributed by atoms with Crippen molar-refractivity contribution in [3.8, 4) is 11.3 Å². The van der Waals surface area contributed by atoms with E-state index in [1.54, 1.807) is 17.0 Å². The maximum Gasteiger partial charge on any atom is 0.348 e. The summed E-state index contributed by atoms with van der Waals surface area (Å²) >= 11 is 1.51. The first-order valence-electron chi connectivity index (χ1n) is 11.1. The Morgan fingerprint density at radius 3 is 2.74 bits per heavy atom. The molecule has 0 bridgehead atoms. The van der Waals surface area contributed by atoms with Crippen LogP contribution >= 0.6 is 11.8 Å². The molecule has 7 nitrogen and oxygen atoms in total. The molecule has 3 aromatic rings. The summed E-state index contributed by atoms with van der Waals surface area (Å²) in [6.45, 7) is 6.65. The topological polar surface area (TPSA) is 82.2 Å². The van der Waals surface area contributed by atoms with Gasteiger partial charge in [0, 0.05) is 35.8 Å². The van der Waals surface area contributed by atoms with Crippen molar-refractivity contribution in [2.45, 2.75) is 36.0 Å². The third-order valence-electron chi connectivity index (χ3n) is 6.07. The number of anilines is 1. The van der Waals surface area contributed by atoms with Crippen molar-refractivity contribution in [3.63, 3.8) is 0 Å². The number of amides is 1. The number of benzene rings is 1. The van der Waals surface area contributed by atoms with Crippen molar-refractivity contribution in [3.05, 3.63) is 59.0 Å². The number of piperazine rings is 1. The number of pyridine rings is 1. The maximum atomic E-state index is 15.4. The number of thioether (sulfide) groups is 1. The number of hydrogen-bond acceptors (Lipinski definition) is 6. The molecule has 1 N–H and O–H groups in total. The zero-order valence-corrected chi connectivity index (χ0v) is 19.4. The molecular formula is C24H23F2N5O2S. The van der Waals surface area contributed by atoms with Gasteiger partial charge >= 0.3 is 5.69 Å². The molecule has 0 unspecified atom stereocenters. The van der Waals surface area contributed by atoms with E-state index in [4.69, 9.17) is 0 Å². The van der Waals surface area contributed by atoms with Crippen molar-refractivity contribution in [1.82, 2.24) is 19.9 Å². The van der Waals surface area contributed by atoms with E-state index in [9.17, 15) is 14.0 Å². The minimum Gasteiger partial charge on any atom is -0.350 e. The van der Waals surface area contributed by atoms with Gasteiger partial charge in [0.25, 0.3) is 0 Å². The highest BCUT2D eigenvalue weighted by Crippen LogP contribution is 2.44. The van der Waals surface area contributed by atoms with Crippen LogP contribution in [0.1, 0.15) is 19.8 Å². The minimum absolute atomic E-state index is 0.0999. The SMILES string of the molecule is C=CC(=O)N1CCN(c2nc(=O)[nH]c3nc(-c4c(F)cccc4SC4CC4)c(F)cc23)[C@@H](C)C1. The van der Waals surface area contributed by atoms with Crippen molar-refractivity contribution in [2.24, 2.45) is 0 Å². The maximum absolute atomic E-state index is 15.4. The van der Waals surface area contributed by atoms with Crippen LogP contribution in [0.5, 0.6) is 0 Å². The van der Waals surface area contributed by atoms with Crippen molar-refractivity contribution in [1.29, 1.82) is 0 Å². The van der Waals surface area contributed by atoms with E-state index in [0.29, 0.717) is 35.2 Å². The van der Waals surface area contributed by atoms with E-state index < -0.39 is 17.3 Å². The number of rotatable bonds is 5. The molecule has 1 atom stereocenters. The first kappa shape index (κ1) is 22.5. The number of fused-ring (bicyclic) bond motifs is 1. The van der Waals surface area contributed by atoms with E-state index >= 15 is 4.39 Å². The summed E-state index contributed by atoms with van der Waals surface area (Å²) in [5, 5.41) is 0.719. The summed E-state index contributed by atoms with van der Waals surface area (Å²) in [7, 11) is 0. The average molecular weight is 484 g/mol. The number of nitrogens with zero attached hydrogens (tertiary/aromatic N) is 4. The van der Waals surface area contributed by atoms with Crippen molar-refractivity contribution >= 4 is 34.5 Å². The zero-order valence-electron chi connectivity index (χ0n) is 18.6. The summed E-state index contributed by atoms with van der Waals surface area (Å²) < 4.78 is 30.3. The Bertz CT molecular complexity index is 1360. The zero-order chi connectivity index (χ0) is 24.0. The van der Waals surface area contributed by atoms with E-state index in [-0.39, 0.29) is 34.7 Å². The summed E-state index contributed by atoms with van der Waals surface area (Å²) in [4.78, 5) is 39.6. The molecule has 2 aromatic heterocycles. The number of carbonyl (C=O) groups excluding carboxylic acids is 1. The first-order valence-corrected chi connectivity index (χ1v) is 12.0. The fourth-order valence-electron chi connectivity index (χ4n) is 4.23. The molecule has 176 valence electrons. The second-order valence-corrected chi connectivity index (χ2v) is 9.88. The van der Waals surface area contributed by atoms with Crippen molar-refractivity contribution in [2.75, 3.05) is 24.5 Å². The molecule has 1 aliphatic carbocycles. The van der Waals surface area contributed by atoms with Crippen LogP contribution in [0, 0.1) is 11.6 Å². The van der Waals surface area contributed by atoms with Crippen LogP contribution in [-0.2, 0) is 4.79 Å². The standard InChI is InChI=1S/C24H23F2N5O2S/c1-3-19(32)30-9-10-31(13(2)12-30)23-15-11-17(26)21(27-22(15)28-24(33)29-23)20-16(25)5-4-6-18(20)34-14-7-8-14/h3-6,11,13-14H,1,7-10,12H2,2H3,(H,27,28,29,33)/t13-/m0/s1. The van der Waals surface area contributed by atoms with Gasteiger partial charge in [-0.05, 0) is 44.0 Å². The first-order chi connectivity index (χ1) is 16.4. The second kappa shape index (κ2) is 8.83. The monoisotopic (exact) mass is 483 g/mol. The van der Waals surface area contributed by atoms with Crippen LogP contribution in [0.3, 0.4) is 0 Å². The van der Waals surface area contributed by atoms with Gasteiger partial charge in [0.2, 0.25) is 5.91 Å². The predicted molar refractivity (Wildman–Crippen MR) is 128 cm³/mol. The van der Waals surface area contributed by atoms with Crippen LogP contribution in [0.25, 0.3) is 22.3 Å². The summed E-state index contributed by atoms with van der Waals surface area (Å²) in [6, 6.07) is 5.72. The number of aromatic amines is 1. The van der Waals surface area contributed by atoms with E-state index in [1.807, 2.05) is 11.8 Å². The largest absolute Gasteiger partial charge is 0.350 e. The minimum atomic E-state index is -0.696. The third-order valence-corrected chi connectivity index (χ3v) is 7.46. The van der Waals surface area contributed by atoms with E-state index in [1.165, 1.54) is 30.0 Å². The fourth-order valence-corrected chi connectivity index (χ4v) is 5.43. The summed E-state index contributed by atoms with van der Waals surface area (Å²) in [5.41, 5.74) is -0.543. The van der Waals surface area contributed by atoms with Gasteiger partial charge in [-0.3, -0.25) is 9.78 Å². The fraction of sp³-hybridized carbons (Fsp3) is 0.333. The van der Waals surface area contributed by atoms with Crippen LogP contribution in [-0.4, -0.2) is 56.7 Å². The highest BCUT2D eigenvalue weighted by atomic mass is 32.2. The second-order valence-electron chi connectivity index (χ2n) is 8.54. The average Bonchev–Trinajstić information content (AvgIpc) is 3.62. The molecule has 1 amide bonds. The summed E-state index contributed by atoms with van der Waals surface area (Å²) in [6.07, 6.45) is 3.35. The number of H-pyrrole nitrogens is 1. The Hall–Kier alpha value is -3.27. The lowest BCUT2D eigenvalue weighted by Gasteiger charge is -2.40. The smallest absolute Gasteiger partial charge is 0.348 e. The lowest BCUT2D eigenvalue weighted by molar-refractivity contribution is -0.126. The number of aromatic nitrogens is 3. The molecule has 1 saturated heterocycles. The number of carbonyl (C=O) groups is 1. The lowest BCUT2D eigenvalue weighted by atomic mass is 10.1. The highest BCUT2D eigenvalue weighted by Gasteiger charge is 2.30. The van der Waals surface area contributed by atoms with Crippen LogP contribution in [0.4, 0.5) is 14.6 Å². The van der Waals surface area contributed by atoms with Crippen LogP contribution in [0.15, 0.2) is 46.6 Å². The molecule has 1 aliphatic heterocycles. The van der Waals surface area contributed by atoms with Gasteiger partial charge in [-0.15, -0.1) is 11.8 Å². The Morgan fingerprint density at radius 2 is 2.03 bits per heavy atom. The molecule has 0 radical (unpaired) electrons. The molecule has 5 rings (SSSR count). The molecule has 10 heteroatoms. The van der Waals surface area contributed by atoms with Crippen molar-refractivity contribution < 1.29 is 13.6 Å². The van der Waals surface area contributed by atoms with Gasteiger partial charge in [0.15, 0.2) is 5.82 Å². The molecule has 0 spiro atoms. The Labute approximate surface area is 198 Å². The Kier molecular flexibility index (Phi) is 5.85. The summed E-state index contributed by atoms with van der Waals surface area (Å²) in [5.74, 6) is -1.14. The molecular weight excluding hydrogens is 460 g/mol. The molecule has 1 aromatic carbocycles. The van der Waals surface area contributed by atoms with E-state index in [0.717, 1.165) is 12.8 Å². The predicted octanol–water partition coefficient (Wildman–Crippen LogP) is 3.74. The van der Waals surface area contributed by atoms with Gasteiger partial charge in [-0.2, -0.15) is 4.98 Å². The molecule has 3 heterocycles. The number of hydrogen-bond donors (Lipinski definition) is 1. The third kappa shape index (κ3) is 4.18. The van der Waals surface area contributed by atoms with Gasteiger partial charge in [0.1, 0.15) is 23.0 Å². The van der Waals surface area contributed by atoms with Crippen LogP contribution < -0.4 is 10.6 Å². The van der Waals surface area contributed by atoms with Gasteiger partial charge in [-0.1, -0.05) is 12.6 Å². The quantitative estimate of drug-likeness (QED) is 0.557. The highest BCUT2D eigenvalue weighted by molar-refractivity contribution is 8.00.